The largest absolute Gasteiger partial charge is 0.299 e. The maximum Gasteiger partial charge on any atom is 0.0928 e. The fourth-order valence-electron chi connectivity index (χ4n) is 3.16. The normalized spacial score (nSPS) is 20.0. The smallest absolute Gasteiger partial charge is 0.0928 e. The number of nitrogens with zero attached hydrogens (tertiary/aromatic N) is 4. The molecule has 0 bridgehead atoms. The molecule has 2 aromatic rings. The second-order valence-corrected chi connectivity index (χ2v) is 6.96. The van der Waals surface area contributed by atoms with Crippen LogP contribution in [0.15, 0.2) is 24.0 Å². The molecule has 5 heteroatoms. The van der Waals surface area contributed by atoms with Crippen LogP contribution in [0.2, 0.25) is 0 Å². The lowest BCUT2D eigenvalue weighted by Gasteiger charge is -2.32. The molecule has 1 fully saturated rings. The zero-order valence-corrected chi connectivity index (χ0v) is 13.6. The van der Waals surface area contributed by atoms with E-state index < -0.39 is 0 Å². The first-order valence-corrected chi connectivity index (χ1v) is 8.83. The summed E-state index contributed by atoms with van der Waals surface area (Å²) >= 11 is 1.79. The van der Waals surface area contributed by atoms with Gasteiger partial charge in [-0.15, -0.1) is 11.3 Å². The minimum Gasteiger partial charge on any atom is -0.299 e. The van der Waals surface area contributed by atoms with Crippen LogP contribution >= 0.6 is 11.3 Å². The van der Waals surface area contributed by atoms with Crippen LogP contribution in [0.25, 0.3) is 0 Å². The summed E-state index contributed by atoms with van der Waals surface area (Å²) in [6, 6.07) is 0. The Hall–Kier alpha value is -1.20. The van der Waals surface area contributed by atoms with Crippen molar-refractivity contribution in [1.29, 1.82) is 0 Å². The van der Waals surface area contributed by atoms with E-state index in [4.69, 9.17) is 0 Å². The van der Waals surface area contributed by atoms with Crippen molar-refractivity contribution in [2.75, 3.05) is 13.1 Å². The fraction of sp³-hybridized carbons (Fsp3) is 0.625. The second kappa shape index (κ2) is 7.18. The Morgan fingerprint density at radius 2 is 2.38 bits per heavy atom. The molecule has 0 spiro atoms. The summed E-state index contributed by atoms with van der Waals surface area (Å²) in [6.07, 6.45) is 11.1. The third kappa shape index (κ3) is 4.14. The van der Waals surface area contributed by atoms with Crippen molar-refractivity contribution in [3.8, 4) is 0 Å². The van der Waals surface area contributed by atoms with Gasteiger partial charge in [-0.25, -0.2) is 4.98 Å². The average molecular weight is 304 g/mol. The van der Waals surface area contributed by atoms with Crippen LogP contribution in [-0.2, 0) is 19.5 Å². The number of hydrogen-bond acceptors (Lipinski definition) is 4. The highest BCUT2D eigenvalue weighted by Crippen LogP contribution is 2.23. The van der Waals surface area contributed by atoms with E-state index in [1.807, 2.05) is 12.4 Å². The summed E-state index contributed by atoms with van der Waals surface area (Å²) in [7, 11) is 0. The lowest BCUT2D eigenvalue weighted by Crippen LogP contribution is -2.35. The number of hydrogen-bond donors (Lipinski definition) is 0. The Kier molecular flexibility index (Phi) is 5.04. The standard InChI is InChI=1S/C16H24N4S/c1-2-6-20-13-15(10-18-20)12-19-7-3-4-14(11-19)9-16-17-5-8-21-16/h5,8,10,13-14H,2-4,6-7,9,11-12H2,1H3. The number of aryl methyl sites for hydroxylation is 1. The average Bonchev–Trinajstić information content (AvgIpc) is 3.12. The van der Waals surface area contributed by atoms with Gasteiger partial charge in [0.2, 0.25) is 0 Å². The molecule has 21 heavy (non-hydrogen) atoms. The van der Waals surface area contributed by atoms with Crippen LogP contribution < -0.4 is 0 Å². The van der Waals surface area contributed by atoms with Crippen LogP contribution in [0, 0.1) is 5.92 Å². The summed E-state index contributed by atoms with van der Waals surface area (Å²) in [5.74, 6) is 0.760. The molecule has 0 radical (unpaired) electrons. The van der Waals surface area contributed by atoms with E-state index in [0.29, 0.717) is 0 Å². The van der Waals surface area contributed by atoms with Gasteiger partial charge >= 0.3 is 0 Å². The molecule has 0 aliphatic carbocycles. The van der Waals surface area contributed by atoms with E-state index in [1.165, 1.54) is 36.5 Å². The number of rotatable bonds is 6. The van der Waals surface area contributed by atoms with Gasteiger partial charge in [-0.2, -0.15) is 5.10 Å². The summed E-state index contributed by atoms with van der Waals surface area (Å²) in [5, 5.41) is 7.80. The first-order valence-electron chi connectivity index (χ1n) is 7.95. The summed E-state index contributed by atoms with van der Waals surface area (Å²) in [4.78, 5) is 7.01. The number of likely N-dealkylation sites (tertiary alicyclic amines) is 1. The van der Waals surface area contributed by atoms with E-state index in [-0.39, 0.29) is 0 Å². The van der Waals surface area contributed by atoms with Gasteiger partial charge in [-0.1, -0.05) is 6.92 Å². The van der Waals surface area contributed by atoms with Crippen LogP contribution in [0.5, 0.6) is 0 Å². The van der Waals surface area contributed by atoms with Gasteiger partial charge in [0.05, 0.1) is 11.2 Å². The highest BCUT2D eigenvalue weighted by atomic mass is 32.1. The highest BCUT2D eigenvalue weighted by molar-refractivity contribution is 7.09. The third-order valence-electron chi connectivity index (χ3n) is 4.10. The van der Waals surface area contributed by atoms with Crippen LogP contribution in [-0.4, -0.2) is 32.8 Å². The second-order valence-electron chi connectivity index (χ2n) is 5.98. The van der Waals surface area contributed by atoms with Crippen molar-refractivity contribution in [3.63, 3.8) is 0 Å². The molecule has 0 N–H and O–H groups in total. The molecule has 1 aliphatic rings. The Labute approximate surface area is 130 Å². The Morgan fingerprint density at radius 1 is 1.43 bits per heavy atom. The minimum absolute atomic E-state index is 0.760. The van der Waals surface area contributed by atoms with E-state index in [9.17, 15) is 0 Å². The molecular formula is C16H24N4S. The number of aromatic nitrogens is 3. The van der Waals surface area contributed by atoms with Gasteiger partial charge in [-0.3, -0.25) is 9.58 Å². The lowest BCUT2D eigenvalue weighted by atomic mass is 9.95. The van der Waals surface area contributed by atoms with Gasteiger partial charge in [0.15, 0.2) is 0 Å². The lowest BCUT2D eigenvalue weighted by molar-refractivity contribution is 0.167. The zero-order valence-electron chi connectivity index (χ0n) is 12.7. The molecule has 1 atom stereocenters. The van der Waals surface area contributed by atoms with Crippen molar-refractivity contribution in [3.05, 3.63) is 34.5 Å². The minimum atomic E-state index is 0.760. The van der Waals surface area contributed by atoms with Gasteiger partial charge in [0.25, 0.3) is 0 Å². The number of thiazole rings is 1. The molecule has 0 aromatic carbocycles. The predicted octanol–water partition coefficient (Wildman–Crippen LogP) is 3.20. The maximum atomic E-state index is 4.43. The summed E-state index contributed by atoms with van der Waals surface area (Å²) in [6.45, 7) is 6.66. The van der Waals surface area contributed by atoms with Gasteiger partial charge in [0, 0.05) is 49.4 Å². The van der Waals surface area contributed by atoms with Crippen molar-refractivity contribution in [2.24, 2.45) is 5.92 Å². The molecule has 2 aromatic heterocycles. The van der Waals surface area contributed by atoms with Crippen LogP contribution in [0.3, 0.4) is 0 Å². The maximum absolute atomic E-state index is 4.43. The van der Waals surface area contributed by atoms with Gasteiger partial charge in [0.1, 0.15) is 0 Å². The Morgan fingerprint density at radius 3 is 3.19 bits per heavy atom. The Bertz CT molecular complexity index is 534. The van der Waals surface area contributed by atoms with Gasteiger partial charge < -0.3 is 0 Å². The molecule has 0 saturated carbocycles. The van der Waals surface area contributed by atoms with Crippen molar-refractivity contribution >= 4 is 11.3 Å². The number of piperidine rings is 1. The van der Waals surface area contributed by atoms with Gasteiger partial charge in [-0.05, 0) is 31.7 Å². The predicted molar refractivity (Wildman–Crippen MR) is 86.3 cm³/mol. The summed E-state index contributed by atoms with van der Waals surface area (Å²) in [5.41, 5.74) is 1.35. The molecule has 1 unspecified atom stereocenters. The first kappa shape index (κ1) is 14.7. The fourth-order valence-corrected chi connectivity index (χ4v) is 3.89. The van der Waals surface area contributed by atoms with Crippen molar-refractivity contribution in [2.45, 2.75) is 45.7 Å². The molecule has 3 rings (SSSR count). The Balaban J connectivity index is 1.53. The molecular weight excluding hydrogens is 280 g/mol. The van der Waals surface area contributed by atoms with E-state index >= 15 is 0 Å². The molecule has 3 heterocycles. The SMILES string of the molecule is CCCn1cc(CN2CCCC(Cc3nccs3)C2)cn1. The van der Waals surface area contributed by atoms with E-state index in [2.05, 4.69) is 38.2 Å². The quantitative estimate of drug-likeness (QED) is 0.822. The third-order valence-corrected chi connectivity index (χ3v) is 4.90. The molecule has 1 aliphatic heterocycles. The topological polar surface area (TPSA) is 34.0 Å². The first-order chi connectivity index (χ1) is 10.3. The van der Waals surface area contributed by atoms with E-state index in [0.717, 1.165) is 31.8 Å². The molecule has 0 amide bonds. The summed E-state index contributed by atoms with van der Waals surface area (Å²) < 4.78 is 2.06. The molecule has 4 nitrogen and oxygen atoms in total. The highest BCUT2D eigenvalue weighted by Gasteiger charge is 2.21. The van der Waals surface area contributed by atoms with Crippen molar-refractivity contribution < 1.29 is 0 Å². The van der Waals surface area contributed by atoms with E-state index in [1.54, 1.807) is 11.3 Å². The van der Waals surface area contributed by atoms with Crippen LogP contribution in [0.4, 0.5) is 0 Å². The van der Waals surface area contributed by atoms with Crippen LogP contribution in [0.1, 0.15) is 36.8 Å². The zero-order chi connectivity index (χ0) is 14.5. The van der Waals surface area contributed by atoms with Crippen molar-refractivity contribution in [1.82, 2.24) is 19.7 Å². The monoisotopic (exact) mass is 304 g/mol. The molecule has 114 valence electrons. The molecule has 1 saturated heterocycles.